The maximum absolute atomic E-state index is 5.53. The summed E-state index contributed by atoms with van der Waals surface area (Å²) in [5.41, 5.74) is 7.08. The monoisotopic (exact) mass is 638 g/mol. The van der Waals surface area contributed by atoms with Crippen molar-refractivity contribution >= 4 is 40.7 Å². The Morgan fingerprint density at radius 3 is 2.47 bits per heavy atom. The Morgan fingerprint density at radius 1 is 0.824 bits per heavy atom. The third-order valence-corrected chi connectivity index (χ3v) is 6.81. The van der Waals surface area contributed by atoms with Gasteiger partial charge in [-0.25, -0.2) is 4.98 Å². The van der Waals surface area contributed by atoms with Crippen LogP contribution in [0.15, 0.2) is 96.0 Å². The molecule has 0 saturated heterocycles. The molecule has 1 aliphatic heterocycles. The van der Waals surface area contributed by atoms with Crippen LogP contribution in [0.4, 0.5) is 17.2 Å². The van der Waals surface area contributed by atoms with E-state index in [9.17, 15) is 0 Å². The SMILES string of the molecule is CC1(C)c2ccc(-c3ccc4cccc([S-])c4n3)[c-]c2N(c2ccccn2)c2ccccc21.[Pt+2]. The first kappa shape index (κ1) is 22.7. The molecule has 3 heterocycles. The maximum atomic E-state index is 5.53. The van der Waals surface area contributed by atoms with E-state index in [1.54, 1.807) is 0 Å². The van der Waals surface area contributed by atoms with Crippen LogP contribution in [0.5, 0.6) is 0 Å². The van der Waals surface area contributed by atoms with E-state index in [0.29, 0.717) is 0 Å². The van der Waals surface area contributed by atoms with Crippen LogP contribution in [0, 0.1) is 6.07 Å². The van der Waals surface area contributed by atoms with Gasteiger partial charge in [0, 0.05) is 17.4 Å². The van der Waals surface area contributed by atoms with Gasteiger partial charge in [-0.2, -0.15) is 0 Å². The largest absolute Gasteiger partial charge is 2.00 e. The molecule has 0 bridgehead atoms. The molecule has 0 amide bonds. The van der Waals surface area contributed by atoms with Gasteiger partial charge < -0.3 is 17.5 Å². The summed E-state index contributed by atoms with van der Waals surface area (Å²) in [6.45, 7) is 4.54. The van der Waals surface area contributed by atoms with E-state index in [1.807, 2.05) is 48.7 Å². The molecular formula is C29H21N3PtS. The molecule has 0 spiro atoms. The molecule has 0 atom stereocenters. The average molecular weight is 639 g/mol. The van der Waals surface area contributed by atoms with Crippen LogP contribution in [0.3, 0.4) is 0 Å². The summed E-state index contributed by atoms with van der Waals surface area (Å²) in [6.07, 6.45) is 1.83. The van der Waals surface area contributed by atoms with Gasteiger partial charge in [-0.3, -0.25) is 4.98 Å². The van der Waals surface area contributed by atoms with Crippen molar-refractivity contribution in [3.63, 3.8) is 0 Å². The zero-order chi connectivity index (χ0) is 22.6. The van der Waals surface area contributed by atoms with E-state index in [2.05, 4.69) is 72.3 Å². The molecule has 0 N–H and O–H groups in total. The summed E-state index contributed by atoms with van der Waals surface area (Å²) in [7, 11) is 0. The number of para-hydroxylation sites is 2. The Labute approximate surface area is 219 Å². The summed E-state index contributed by atoms with van der Waals surface area (Å²) in [6, 6.07) is 32.6. The third-order valence-electron chi connectivity index (χ3n) is 6.48. The quantitative estimate of drug-likeness (QED) is 0.152. The van der Waals surface area contributed by atoms with E-state index in [1.165, 1.54) is 11.1 Å². The average Bonchev–Trinajstić information content (AvgIpc) is 2.85. The molecule has 0 fully saturated rings. The number of fused-ring (bicyclic) bond motifs is 3. The predicted octanol–water partition coefficient (Wildman–Crippen LogP) is 7.11. The minimum atomic E-state index is -0.170. The van der Waals surface area contributed by atoms with Gasteiger partial charge >= 0.3 is 21.1 Å². The van der Waals surface area contributed by atoms with Gasteiger partial charge in [-0.1, -0.05) is 74.0 Å². The number of hydrogen-bond donors (Lipinski definition) is 0. The number of aromatic nitrogens is 2. The summed E-state index contributed by atoms with van der Waals surface area (Å²) in [5, 5.41) is 1.05. The topological polar surface area (TPSA) is 29.0 Å². The van der Waals surface area contributed by atoms with Crippen molar-refractivity contribution < 1.29 is 21.1 Å². The predicted molar refractivity (Wildman–Crippen MR) is 136 cm³/mol. The molecule has 5 heteroatoms. The molecule has 3 aromatic carbocycles. The van der Waals surface area contributed by atoms with Crippen molar-refractivity contribution in [2.75, 3.05) is 4.90 Å². The van der Waals surface area contributed by atoms with E-state index >= 15 is 0 Å². The number of hydrogen-bond acceptors (Lipinski definition) is 4. The molecule has 0 aliphatic carbocycles. The van der Waals surface area contributed by atoms with Crippen molar-refractivity contribution in [1.29, 1.82) is 0 Å². The fraction of sp³-hybridized carbons (Fsp3) is 0.103. The van der Waals surface area contributed by atoms with Crippen molar-refractivity contribution in [1.82, 2.24) is 9.97 Å². The molecule has 0 saturated carbocycles. The van der Waals surface area contributed by atoms with Gasteiger partial charge in [0.2, 0.25) is 0 Å². The molecule has 168 valence electrons. The first-order chi connectivity index (χ1) is 16.0. The van der Waals surface area contributed by atoms with Crippen molar-refractivity contribution in [3.05, 3.63) is 108 Å². The molecule has 34 heavy (non-hydrogen) atoms. The van der Waals surface area contributed by atoms with E-state index in [-0.39, 0.29) is 26.5 Å². The zero-order valence-electron chi connectivity index (χ0n) is 18.7. The second kappa shape index (κ2) is 8.61. The minimum Gasteiger partial charge on any atom is -0.778 e. The van der Waals surface area contributed by atoms with E-state index < -0.39 is 0 Å². The van der Waals surface area contributed by atoms with Gasteiger partial charge in [-0.15, -0.1) is 28.7 Å². The van der Waals surface area contributed by atoms with Crippen molar-refractivity contribution in [2.45, 2.75) is 24.2 Å². The molecule has 0 radical (unpaired) electrons. The van der Waals surface area contributed by atoms with E-state index in [4.69, 9.17) is 17.6 Å². The molecule has 6 rings (SSSR count). The van der Waals surface area contributed by atoms with Gasteiger partial charge in [0.1, 0.15) is 5.82 Å². The molecule has 5 aromatic rings. The Hall–Kier alpha value is -3.07. The van der Waals surface area contributed by atoms with E-state index in [0.717, 1.165) is 44.2 Å². The van der Waals surface area contributed by atoms with Crippen molar-refractivity contribution in [3.8, 4) is 11.3 Å². The minimum absolute atomic E-state index is 0. The Balaban J connectivity index is 0.00000241. The summed E-state index contributed by atoms with van der Waals surface area (Å²) >= 11 is 5.53. The zero-order valence-corrected chi connectivity index (χ0v) is 21.8. The smallest absolute Gasteiger partial charge is 0.778 e. The van der Waals surface area contributed by atoms with Gasteiger partial charge in [0.25, 0.3) is 0 Å². The van der Waals surface area contributed by atoms with Crippen LogP contribution in [-0.4, -0.2) is 9.97 Å². The van der Waals surface area contributed by atoms with Crippen LogP contribution >= 0.6 is 0 Å². The maximum Gasteiger partial charge on any atom is 2.00 e. The number of anilines is 3. The first-order valence-corrected chi connectivity index (χ1v) is 11.4. The van der Waals surface area contributed by atoms with Crippen LogP contribution in [0.25, 0.3) is 22.2 Å². The Kier molecular flexibility index (Phi) is 5.75. The van der Waals surface area contributed by atoms with Crippen LogP contribution < -0.4 is 4.90 Å². The molecule has 3 nitrogen and oxygen atoms in total. The number of pyridine rings is 2. The van der Waals surface area contributed by atoms with Gasteiger partial charge in [-0.05, 0) is 45.9 Å². The number of nitrogens with zero attached hydrogens (tertiary/aromatic N) is 3. The summed E-state index contributed by atoms with van der Waals surface area (Å²) in [5.74, 6) is 0.870. The standard InChI is InChI=1S/C29H22N3S.Pt/c1-29(2)21-9-3-4-10-24(21)32(27-12-5-6-17-30-27)25-18-20(13-15-22(25)29)23-16-14-19-8-7-11-26(33)28(19)31-23;/h3-17,33H,1-2H3;/q-1;+2/p-1. The van der Waals surface area contributed by atoms with Gasteiger partial charge in [0.15, 0.2) is 0 Å². The molecular weight excluding hydrogens is 617 g/mol. The molecule has 2 aromatic heterocycles. The second-order valence-corrected chi connectivity index (χ2v) is 9.26. The van der Waals surface area contributed by atoms with Crippen molar-refractivity contribution in [2.24, 2.45) is 0 Å². The third kappa shape index (κ3) is 3.53. The number of rotatable bonds is 2. The summed E-state index contributed by atoms with van der Waals surface area (Å²) in [4.78, 5) is 12.6. The first-order valence-electron chi connectivity index (χ1n) is 11.0. The summed E-state index contributed by atoms with van der Waals surface area (Å²) < 4.78 is 0. The Bertz CT molecular complexity index is 1520. The molecule has 1 aliphatic rings. The second-order valence-electron chi connectivity index (χ2n) is 8.82. The van der Waals surface area contributed by atoms with Crippen LogP contribution in [-0.2, 0) is 39.1 Å². The fourth-order valence-corrected chi connectivity index (χ4v) is 5.01. The van der Waals surface area contributed by atoms with Gasteiger partial charge in [0.05, 0.1) is 0 Å². The van der Waals surface area contributed by atoms with Crippen LogP contribution in [0.1, 0.15) is 25.0 Å². The number of benzene rings is 3. The fourth-order valence-electron chi connectivity index (χ4n) is 4.77. The molecule has 0 unspecified atom stereocenters. The van der Waals surface area contributed by atoms with Crippen LogP contribution in [0.2, 0.25) is 0 Å². The Morgan fingerprint density at radius 2 is 1.65 bits per heavy atom. The normalized spacial score (nSPS) is 13.6.